The van der Waals surface area contributed by atoms with Gasteiger partial charge in [0.25, 0.3) is 5.56 Å². The molecule has 38 heavy (non-hydrogen) atoms. The van der Waals surface area contributed by atoms with Crippen LogP contribution in [0.1, 0.15) is 28.3 Å². The van der Waals surface area contributed by atoms with Gasteiger partial charge in [-0.15, -0.1) is 5.10 Å². The number of aryl methyl sites for hydroxylation is 1. The standard InChI is InChI=1S/C28H30N6O4/c1-19-6-8-24-21(13-19)15-22(28(35)29-24)16-33(11-10-20-7-9-25(36-2)26(14-20)37-3)18-27-30-31-32-34(27)17-23-5-4-12-38-23/h4-9,12-15H,10-11,16-18H2,1-3H3,(H,29,35). The van der Waals surface area contributed by atoms with Crippen LogP contribution in [0.3, 0.4) is 0 Å². The number of fused-ring (bicyclic) bond motifs is 1. The van der Waals surface area contributed by atoms with Crippen molar-refractivity contribution in [3.63, 3.8) is 0 Å². The van der Waals surface area contributed by atoms with Gasteiger partial charge in [0, 0.05) is 24.2 Å². The summed E-state index contributed by atoms with van der Waals surface area (Å²) in [5.74, 6) is 2.81. The molecule has 5 rings (SSSR count). The molecule has 0 atom stereocenters. The van der Waals surface area contributed by atoms with Crippen molar-refractivity contribution >= 4 is 10.9 Å². The zero-order chi connectivity index (χ0) is 26.5. The molecule has 0 spiro atoms. The first kappa shape index (κ1) is 25.2. The van der Waals surface area contributed by atoms with Gasteiger partial charge in [0.05, 0.1) is 27.0 Å². The first-order valence-corrected chi connectivity index (χ1v) is 12.4. The minimum absolute atomic E-state index is 0.104. The van der Waals surface area contributed by atoms with E-state index in [0.29, 0.717) is 49.1 Å². The van der Waals surface area contributed by atoms with Crippen LogP contribution in [0.15, 0.2) is 70.1 Å². The molecule has 10 heteroatoms. The molecule has 0 amide bonds. The average Bonchev–Trinajstić information content (AvgIpc) is 3.60. The number of aromatic amines is 1. The Balaban J connectivity index is 1.41. The monoisotopic (exact) mass is 514 g/mol. The van der Waals surface area contributed by atoms with E-state index >= 15 is 0 Å². The third kappa shape index (κ3) is 5.76. The number of benzene rings is 2. The van der Waals surface area contributed by atoms with Gasteiger partial charge in [-0.05, 0) is 77.2 Å². The SMILES string of the molecule is COc1ccc(CCN(Cc2cc3cc(C)ccc3[nH]c2=O)Cc2nnnn2Cc2ccco2)cc1OC. The van der Waals surface area contributed by atoms with Crippen molar-refractivity contribution < 1.29 is 13.9 Å². The van der Waals surface area contributed by atoms with Gasteiger partial charge < -0.3 is 18.9 Å². The summed E-state index contributed by atoms with van der Waals surface area (Å²) in [6.07, 6.45) is 2.35. The topological polar surface area (TPSA) is 111 Å². The second kappa shape index (κ2) is 11.3. The molecule has 0 aliphatic heterocycles. The van der Waals surface area contributed by atoms with Crippen LogP contribution in [0, 0.1) is 6.92 Å². The average molecular weight is 515 g/mol. The van der Waals surface area contributed by atoms with E-state index in [1.807, 2.05) is 55.5 Å². The lowest BCUT2D eigenvalue weighted by molar-refractivity contribution is 0.247. The van der Waals surface area contributed by atoms with Gasteiger partial charge in [0.2, 0.25) is 0 Å². The van der Waals surface area contributed by atoms with Crippen molar-refractivity contribution in [1.82, 2.24) is 30.1 Å². The second-order valence-electron chi connectivity index (χ2n) is 9.20. The maximum atomic E-state index is 13.0. The van der Waals surface area contributed by atoms with Crippen molar-refractivity contribution in [2.75, 3.05) is 20.8 Å². The summed E-state index contributed by atoms with van der Waals surface area (Å²) in [5.41, 5.74) is 3.63. The summed E-state index contributed by atoms with van der Waals surface area (Å²) in [7, 11) is 3.25. The van der Waals surface area contributed by atoms with E-state index < -0.39 is 0 Å². The Hall–Kier alpha value is -4.44. The predicted octanol–water partition coefficient (Wildman–Crippen LogP) is 3.73. The summed E-state index contributed by atoms with van der Waals surface area (Å²) in [6.45, 7) is 4.01. The van der Waals surface area contributed by atoms with Crippen LogP contribution < -0.4 is 15.0 Å². The maximum Gasteiger partial charge on any atom is 0.252 e. The molecule has 3 aromatic heterocycles. The number of ether oxygens (including phenoxy) is 2. The van der Waals surface area contributed by atoms with Crippen molar-refractivity contribution in [3.05, 3.63) is 99.5 Å². The lowest BCUT2D eigenvalue weighted by atomic mass is 10.1. The van der Waals surface area contributed by atoms with Gasteiger partial charge in [-0.25, -0.2) is 4.68 Å². The Bertz CT molecular complexity index is 1570. The molecule has 196 valence electrons. The van der Waals surface area contributed by atoms with Crippen LogP contribution >= 0.6 is 0 Å². The van der Waals surface area contributed by atoms with E-state index in [0.717, 1.165) is 34.2 Å². The van der Waals surface area contributed by atoms with Crippen LogP contribution in [-0.4, -0.2) is 50.9 Å². The molecule has 0 fully saturated rings. The fourth-order valence-corrected chi connectivity index (χ4v) is 4.48. The number of rotatable bonds is 11. The smallest absolute Gasteiger partial charge is 0.252 e. The van der Waals surface area contributed by atoms with E-state index in [9.17, 15) is 4.79 Å². The summed E-state index contributed by atoms with van der Waals surface area (Å²) < 4.78 is 18.0. The second-order valence-corrected chi connectivity index (χ2v) is 9.20. The number of pyridine rings is 1. The van der Waals surface area contributed by atoms with Crippen molar-refractivity contribution in [2.24, 2.45) is 0 Å². The Labute approximate surface area is 219 Å². The fourth-order valence-electron chi connectivity index (χ4n) is 4.48. The van der Waals surface area contributed by atoms with Crippen LogP contribution in [-0.2, 0) is 26.1 Å². The minimum Gasteiger partial charge on any atom is -0.493 e. The summed E-state index contributed by atoms with van der Waals surface area (Å²) in [4.78, 5) is 18.2. The summed E-state index contributed by atoms with van der Waals surface area (Å²) in [5, 5.41) is 13.3. The molecule has 0 radical (unpaired) electrons. The van der Waals surface area contributed by atoms with Gasteiger partial charge in [0.1, 0.15) is 12.3 Å². The van der Waals surface area contributed by atoms with Crippen molar-refractivity contribution in [1.29, 1.82) is 0 Å². The molecule has 0 saturated heterocycles. The Morgan fingerprint density at radius 2 is 1.89 bits per heavy atom. The molecule has 0 bridgehead atoms. The lowest BCUT2D eigenvalue weighted by Gasteiger charge is -2.22. The van der Waals surface area contributed by atoms with Crippen LogP contribution in [0.5, 0.6) is 11.5 Å². The molecule has 0 saturated carbocycles. The Morgan fingerprint density at radius 1 is 1.03 bits per heavy atom. The third-order valence-electron chi connectivity index (χ3n) is 6.49. The fraction of sp³-hybridized carbons (Fsp3) is 0.286. The first-order valence-electron chi connectivity index (χ1n) is 12.4. The predicted molar refractivity (Wildman–Crippen MR) is 142 cm³/mol. The maximum absolute atomic E-state index is 13.0. The molecule has 2 aromatic carbocycles. The highest BCUT2D eigenvalue weighted by Crippen LogP contribution is 2.28. The number of aromatic nitrogens is 5. The van der Waals surface area contributed by atoms with Crippen LogP contribution in [0.4, 0.5) is 0 Å². The molecule has 3 heterocycles. The third-order valence-corrected chi connectivity index (χ3v) is 6.49. The van der Waals surface area contributed by atoms with Crippen LogP contribution in [0.25, 0.3) is 10.9 Å². The van der Waals surface area contributed by atoms with Gasteiger partial charge >= 0.3 is 0 Å². The Morgan fingerprint density at radius 3 is 2.68 bits per heavy atom. The molecule has 5 aromatic rings. The Kier molecular flexibility index (Phi) is 7.50. The molecule has 10 nitrogen and oxygen atoms in total. The molecule has 0 unspecified atom stereocenters. The van der Waals surface area contributed by atoms with E-state index in [2.05, 4.69) is 31.5 Å². The minimum atomic E-state index is -0.104. The van der Waals surface area contributed by atoms with E-state index in [1.54, 1.807) is 25.2 Å². The summed E-state index contributed by atoms with van der Waals surface area (Å²) in [6, 6.07) is 17.6. The summed E-state index contributed by atoms with van der Waals surface area (Å²) >= 11 is 0. The number of H-pyrrole nitrogens is 1. The number of tetrazole rings is 1. The molecular formula is C28H30N6O4. The highest BCUT2D eigenvalue weighted by Gasteiger charge is 2.17. The van der Waals surface area contributed by atoms with E-state index in [1.165, 1.54) is 0 Å². The normalized spacial score (nSPS) is 11.4. The molecular weight excluding hydrogens is 484 g/mol. The molecule has 0 aliphatic rings. The van der Waals surface area contributed by atoms with Gasteiger partial charge in [-0.2, -0.15) is 0 Å². The van der Waals surface area contributed by atoms with E-state index in [-0.39, 0.29) is 5.56 Å². The van der Waals surface area contributed by atoms with Gasteiger partial charge in [-0.1, -0.05) is 17.7 Å². The van der Waals surface area contributed by atoms with Crippen molar-refractivity contribution in [3.8, 4) is 11.5 Å². The van der Waals surface area contributed by atoms with E-state index in [4.69, 9.17) is 13.9 Å². The lowest BCUT2D eigenvalue weighted by Crippen LogP contribution is -2.30. The van der Waals surface area contributed by atoms with Gasteiger partial charge in [-0.3, -0.25) is 9.69 Å². The zero-order valence-electron chi connectivity index (χ0n) is 21.7. The largest absolute Gasteiger partial charge is 0.493 e. The molecule has 1 N–H and O–H groups in total. The zero-order valence-corrected chi connectivity index (χ0v) is 21.7. The number of hydrogen-bond acceptors (Lipinski definition) is 8. The van der Waals surface area contributed by atoms with Crippen molar-refractivity contribution in [2.45, 2.75) is 33.0 Å². The first-order chi connectivity index (χ1) is 18.5. The number of nitrogens with zero attached hydrogens (tertiary/aromatic N) is 5. The number of hydrogen-bond donors (Lipinski definition) is 1. The highest BCUT2D eigenvalue weighted by atomic mass is 16.5. The number of methoxy groups -OCH3 is 2. The van der Waals surface area contributed by atoms with Crippen LogP contribution in [0.2, 0.25) is 0 Å². The number of nitrogens with one attached hydrogen (secondary N) is 1. The highest BCUT2D eigenvalue weighted by molar-refractivity contribution is 5.79. The molecule has 0 aliphatic carbocycles. The number of furan rings is 1. The van der Waals surface area contributed by atoms with Gasteiger partial charge in [0.15, 0.2) is 17.3 Å². The quantitative estimate of drug-likeness (QED) is 0.284.